The maximum atomic E-state index is 8.77. The Hall–Kier alpha value is -10.7. The molecule has 0 saturated heterocycles. The van der Waals surface area contributed by atoms with E-state index in [9.17, 15) is 0 Å². The first-order valence-electron chi connectivity index (χ1n) is 47.0. The van der Waals surface area contributed by atoms with Gasteiger partial charge in [0.2, 0.25) is 45.6 Å². The second kappa shape index (κ2) is 31.7. The summed E-state index contributed by atoms with van der Waals surface area (Å²) in [7, 11) is 5.67. The highest BCUT2D eigenvalue weighted by Crippen LogP contribution is 2.44. The van der Waals surface area contributed by atoms with E-state index in [1.165, 1.54) is 62.6 Å². The summed E-state index contributed by atoms with van der Waals surface area (Å²) in [6.07, 6.45) is 9.30. The largest absolute Gasteiger partial charge is 0.437 e. The van der Waals surface area contributed by atoms with Gasteiger partial charge in [0, 0.05) is 134 Å². The van der Waals surface area contributed by atoms with E-state index in [1.54, 1.807) is 17.8 Å². The molecule has 1 unspecified atom stereocenters. The molecule has 0 aliphatic carbocycles. The number of rotatable bonds is 12. The first kappa shape index (κ1) is 67.5. The van der Waals surface area contributed by atoms with Crippen molar-refractivity contribution in [3.05, 3.63) is 236 Å². The smallest absolute Gasteiger partial charge is 0.227 e. The zero-order valence-electron chi connectivity index (χ0n) is 84.5. The van der Waals surface area contributed by atoms with Crippen LogP contribution in [-0.2, 0) is 66.2 Å². The average Bonchev–Trinajstić information content (AvgIpc) is 1.32. The molecule has 0 bridgehead atoms. The van der Waals surface area contributed by atoms with E-state index < -0.39 is 32.8 Å². The Morgan fingerprint density at radius 1 is 0.388 bits per heavy atom. The number of hydrogen-bond acceptors (Lipinski definition) is 8. The van der Waals surface area contributed by atoms with Crippen molar-refractivity contribution in [3.8, 4) is 45.0 Å². The summed E-state index contributed by atoms with van der Waals surface area (Å²) in [6.45, 7) is 37.2. The fourth-order valence-corrected chi connectivity index (χ4v) is 16.5. The van der Waals surface area contributed by atoms with Gasteiger partial charge in [0.1, 0.15) is 21.1 Å². The van der Waals surface area contributed by atoms with Crippen LogP contribution in [0.3, 0.4) is 0 Å². The van der Waals surface area contributed by atoms with Crippen molar-refractivity contribution in [1.29, 1.82) is 0 Å². The number of aryl methyl sites for hydroxylation is 12. The third-order valence-electron chi connectivity index (χ3n) is 22.3. The minimum Gasteiger partial charge on any atom is -0.437 e. The maximum Gasteiger partial charge on any atom is 0.227 e. The lowest BCUT2D eigenvalue weighted by atomic mass is 9.86. The molecular weight excluding hydrogens is 1430 g/mol. The predicted molar refractivity (Wildman–Crippen MR) is 479 cm³/mol. The van der Waals surface area contributed by atoms with Crippen molar-refractivity contribution in [2.24, 2.45) is 43.3 Å². The van der Waals surface area contributed by atoms with Crippen molar-refractivity contribution in [2.45, 2.75) is 223 Å². The molecule has 0 N–H and O–H groups in total. The lowest BCUT2D eigenvalue weighted by molar-refractivity contribution is -0.672. The molecule has 0 saturated carbocycles. The van der Waals surface area contributed by atoms with Gasteiger partial charge in [-0.05, 0) is 214 Å². The van der Waals surface area contributed by atoms with E-state index in [2.05, 4.69) is 235 Å². The number of hydrogen-bond donors (Lipinski definition) is 0. The Morgan fingerprint density at radius 2 is 0.716 bits per heavy atom. The highest BCUT2D eigenvalue weighted by molar-refractivity contribution is 6.12. The fourth-order valence-electron chi connectivity index (χ4n) is 16.5. The van der Waals surface area contributed by atoms with Crippen LogP contribution in [0.15, 0.2) is 164 Å². The lowest BCUT2D eigenvalue weighted by Crippen LogP contribution is -2.33. The predicted octanol–water partition coefficient (Wildman–Crippen LogP) is 25.2. The summed E-state index contributed by atoms with van der Waals surface area (Å²) < 4.78 is 131. The molecule has 12 aromatic heterocycles. The van der Waals surface area contributed by atoms with E-state index in [1.807, 2.05) is 68.8 Å². The first-order chi connectivity index (χ1) is 59.6. The molecule has 0 radical (unpaired) electrons. The van der Waals surface area contributed by atoms with Crippen molar-refractivity contribution >= 4 is 88.3 Å². The average molecular weight is 1560 g/mol. The highest BCUT2D eigenvalue weighted by Gasteiger charge is 2.34. The second-order valence-corrected chi connectivity index (χ2v) is 36.5. The molecule has 16 aromatic rings. The molecule has 13 heterocycles. The van der Waals surface area contributed by atoms with Crippen LogP contribution < -0.4 is 18.3 Å². The van der Waals surface area contributed by atoms with Crippen molar-refractivity contribution < 1.29 is 52.4 Å². The fraction of sp³-hybridized carbons (Fsp3) is 0.385. The van der Waals surface area contributed by atoms with Crippen molar-refractivity contribution in [2.75, 3.05) is 0 Å². The lowest BCUT2D eigenvalue weighted by Gasteiger charge is -2.19. The topological polar surface area (TPSA) is 120 Å². The van der Waals surface area contributed by atoms with Gasteiger partial charge >= 0.3 is 0 Å². The molecule has 0 amide bonds. The molecule has 1 aliphatic heterocycles. The second-order valence-electron chi connectivity index (χ2n) is 36.5. The third kappa shape index (κ3) is 16.5. The van der Waals surface area contributed by atoms with E-state index in [4.69, 9.17) is 44.1 Å². The first-order valence-corrected chi connectivity index (χ1v) is 41.0. The molecule has 4 aromatic carbocycles. The SMILES string of the molecule is CCc1ccc2c(n1)oc1c(-c3cc(CC(C)(C)C)c(C)c[n+]3C)c(C)ccc12.Cc1c[n+]2c(cc1CC(C)(C)C)-c1c(ccc3c1oc1nc(C(C)C)ccc13)C2.[2H]C([2H])([2H])c1c[n+](C)c(-c2c(C)ccc3c2oc2nc(C(C)C)ccc23)cc1C([2H])([2H])C([2H])(C)C([2H])([2H])[2H].[2H]C([2H])([2H])c1c[n+](C)c(-c2c(C)ccc3c2oc2nc(CC)ccc23)cc1CC(C)(C)C. The summed E-state index contributed by atoms with van der Waals surface area (Å²) in [5, 5.41) is 8.10. The van der Waals surface area contributed by atoms with Gasteiger partial charge in [-0.15, -0.1) is 0 Å². The summed E-state index contributed by atoms with van der Waals surface area (Å²) in [5.41, 5.74) is 28.5. The van der Waals surface area contributed by atoms with Crippen LogP contribution in [0.1, 0.15) is 235 Å². The monoisotopic (exact) mass is 1560 g/mol. The van der Waals surface area contributed by atoms with Crippen molar-refractivity contribution in [1.82, 2.24) is 19.9 Å². The van der Waals surface area contributed by atoms with Crippen LogP contribution in [0.25, 0.3) is 133 Å². The minimum absolute atomic E-state index is 0.0436. The molecule has 0 spiro atoms. The summed E-state index contributed by atoms with van der Waals surface area (Å²) in [6, 6.07) is 41.5. The molecule has 12 nitrogen and oxygen atoms in total. The molecule has 12 heteroatoms. The van der Waals surface area contributed by atoms with Gasteiger partial charge in [-0.1, -0.05) is 160 Å². The molecule has 1 aliphatic rings. The van der Waals surface area contributed by atoms with Crippen LogP contribution in [-0.4, -0.2) is 19.9 Å². The summed E-state index contributed by atoms with van der Waals surface area (Å²) in [4.78, 5) is 18.9. The van der Waals surface area contributed by atoms with Crippen LogP contribution >= 0.6 is 0 Å². The van der Waals surface area contributed by atoms with E-state index >= 15 is 0 Å². The van der Waals surface area contributed by atoms with Crippen LogP contribution in [0, 0.1) is 70.5 Å². The van der Waals surface area contributed by atoms with Crippen LogP contribution in [0.5, 0.6) is 0 Å². The van der Waals surface area contributed by atoms with E-state index in [0.29, 0.717) is 46.2 Å². The Kier molecular flexibility index (Phi) is 18.4. The number of benzene rings is 4. The van der Waals surface area contributed by atoms with Crippen LogP contribution in [0.2, 0.25) is 0 Å². The quantitative estimate of drug-likeness (QED) is 0.111. The van der Waals surface area contributed by atoms with Gasteiger partial charge in [-0.2, -0.15) is 4.57 Å². The van der Waals surface area contributed by atoms with Gasteiger partial charge in [-0.25, -0.2) is 33.6 Å². The van der Waals surface area contributed by atoms with E-state index in [0.717, 1.165) is 167 Å². The molecule has 1 atom stereocenters. The molecule has 116 heavy (non-hydrogen) atoms. The molecule has 17 rings (SSSR count). The van der Waals surface area contributed by atoms with Gasteiger partial charge in [0.25, 0.3) is 0 Å². The van der Waals surface area contributed by atoms with E-state index in [-0.39, 0.29) is 33.3 Å². The Bertz CT molecular complexity index is 7060. The number of fused-ring (bicyclic) bond motifs is 16. The number of aromatic nitrogens is 8. The number of pyridine rings is 8. The highest BCUT2D eigenvalue weighted by atomic mass is 16.4. The third-order valence-corrected chi connectivity index (χ3v) is 22.3. The normalized spacial score (nSPS) is 15.0. The van der Waals surface area contributed by atoms with Gasteiger partial charge < -0.3 is 17.7 Å². The summed E-state index contributed by atoms with van der Waals surface area (Å²) in [5.74, 6) is -2.05. The van der Waals surface area contributed by atoms with Gasteiger partial charge in [-0.3, -0.25) is 0 Å². The summed E-state index contributed by atoms with van der Waals surface area (Å²) >= 11 is 0. The number of furan rings is 4. The molecule has 598 valence electrons. The Labute approximate surface area is 704 Å². The Balaban J connectivity index is 0.000000139. The minimum atomic E-state index is -3.02. The standard InChI is InChI=1S/C26H29N2O.3C26H31N2O/c1-15(2)21-10-9-20-19-8-7-17-14-28-13-16(3)18(12-26(4,5)6)11-22(28)23(17)24(19)29-25(20)27-21;1-15(2)12-19-13-23(28(7)14-18(19)6)24-17(5)8-9-20-21-10-11-22(16(3)4)27-26(21)29-25(20)24;2*1-8-19-10-12-21-20-11-9-16(2)23(24(20)29-25(21)27-19)22-13-18(14-26(4,5)6)17(3)15-28(22)7/h7-11,13,15H,12,14H2,1-6H3;8-11,13-16H,12H2,1-7H3;2*9-13,15H,8,14H2,1-7H3/q4*+1/i;1D3,6D3,12D2,15D;3D3;. The molecule has 0 fully saturated rings. The van der Waals surface area contributed by atoms with Crippen molar-refractivity contribution in [3.63, 3.8) is 0 Å². The molecular formula is C104H122N8O4+4. The van der Waals surface area contributed by atoms with Crippen LogP contribution in [0.4, 0.5) is 0 Å². The van der Waals surface area contributed by atoms with Gasteiger partial charge in [0.05, 0.1) is 22.3 Å². The Morgan fingerprint density at radius 3 is 1.09 bits per heavy atom. The zero-order valence-corrected chi connectivity index (χ0v) is 72.5. The maximum absolute atomic E-state index is 8.77. The number of nitrogens with zero attached hydrogens (tertiary/aromatic N) is 8. The zero-order chi connectivity index (χ0) is 93.4. The van der Waals surface area contributed by atoms with Gasteiger partial charge in [0.15, 0.2) is 53.7 Å².